The first kappa shape index (κ1) is 19.9. The van der Waals surface area contributed by atoms with Crippen LogP contribution in [0.1, 0.15) is 46.9 Å². The highest BCUT2D eigenvalue weighted by atomic mass is 16.1. The molecule has 0 aliphatic carbocycles. The maximum Gasteiger partial charge on any atom is 0.254 e. The molecule has 148 valence electrons. The number of benzene rings is 1. The molecule has 0 bridgehead atoms. The van der Waals surface area contributed by atoms with Gasteiger partial charge in [0.25, 0.3) is 5.91 Å². The van der Waals surface area contributed by atoms with Gasteiger partial charge in [-0.15, -0.1) is 0 Å². The van der Waals surface area contributed by atoms with Crippen LogP contribution in [0.3, 0.4) is 0 Å². The van der Waals surface area contributed by atoms with Gasteiger partial charge in [0.15, 0.2) is 0 Å². The Hall–Kier alpha value is -2.89. The highest BCUT2D eigenvalue weighted by molar-refractivity contribution is 5.95. The van der Waals surface area contributed by atoms with Crippen LogP contribution in [0.15, 0.2) is 42.6 Å². The van der Waals surface area contributed by atoms with Crippen LogP contribution in [-0.4, -0.2) is 32.0 Å². The van der Waals surface area contributed by atoms with E-state index in [1.165, 1.54) is 5.56 Å². The van der Waals surface area contributed by atoms with E-state index in [0.717, 1.165) is 30.0 Å². The summed E-state index contributed by atoms with van der Waals surface area (Å²) in [7, 11) is 0. The third-order valence-corrected chi connectivity index (χ3v) is 4.90. The van der Waals surface area contributed by atoms with E-state index in [0.29, 0.717) is 18.7 Å². The number of carbonyl (C=O) groups is 1. The Bertz CT molecular complexity index is 926. The maximum absolute atomic E-state index is 12.7. The molecule has 3 rings (SSSR count). The summed E-state index contributed by atoms with van der Waals surface area (Å²) in [5.74, 6) is 0.225. The quantitative estimate of drug-likeness (QED) is 0.653. The molecular weight excluding hydrogens is 350 g/mol. The van der Waals surface area contributed by atoms with Crippen molar-refractivity contribution in [3.8, 4) is 0 Å². The van der Waals surface area contributed by atoms with Crippen molar-refractivity contribution in [2.45, 2.75) is 47.2 Å². The summed E-state index contributed by atoms with van der Waals surface area (Å²) in [5, 5.41) is 12.0. The van der Waals surface area contributed by atoms with Gasteiger partial charge in [-0.2, -0.15) is 10.2 Å². The van der Waals surface area contributed by atoms with Gasteiger partial charge < -0.3 is 5.32 Å². The number of nitrogens with one attached hydrogen (secondary N) is 1. The van der Waals surface area contributed by atoms with Crippen molar-refractivity contribution in [3.05, 3.63) is 70.8 Å². The van der Waals surface area contributed by atoms with E-state index in [-0.39, 0.29) is 11.8 Å². The predicted octanol–water partition coefficient (Wildman–Crippen LogP) is 3.37. The van der Waals surface area contributed by atoms with Gasteiger partial charge in [-0.25, -0.2) is 0 Å². The molecule has 2 aromatic heterocycles. The molecule has 3 aromatic rings. The average molecular weight is 380 g/mol. The van der Waals surface area contributed by atoms with Gasteiger partial charge in [-0.1, -0.05) is 44.2 Å². The van der Waals surface area contributed by atoms with E-state index < -0.39 is 0 Å². The summed E-state index contributed by atoms with van der Waals surface area (Å²) in [5.41, 5.74) is 4.97. The van der Waals surface area contributed by atoms with Crippen molar-refractivity contribution in [2.75, 3.05) is 6.54 Å². The van der Waals surface area contributed by atoms with Crippen molar-refractivity contribution in [2.24, 2.45) is 5.92 Å². The highest BCUT2D eigenvalue weighted by Crippen LogP contribution is 2.13. The molecule has 1 atom stereocenters. The third-order valence-electron chi connectivity index (χ3n) is 4.90. The normalized spacial score (nSPS) is 12.1. The van der Waals surface area contributed by atoms with Gasteiger partial charge in [0.2, 0.25) is 0 Å². The van der Waals surface area contributed by atoms with Crippen molar-refractivity contribution in [1.29, 1.82) is 0 Å². The summed E-state index contributed by atoms with van der Waals surface area (Å²) in [6.07, 6.45) is 2.44. The Morgan fingerprint density at radius 2 is 1.93 bits per heavy atom. The lowest BCUT2D eigenvalue weighted by Crippen LogP contribution is -2.30. The van der Waals surface area contributed by atoms with Crippen molar-refractivity contribution in [1.82, 2.24) is 24.9 Å². The molecule has 0 radical (unpaired) electrons. The van der Waals surface area contributed by atoms with Crippen LogP contribution in [0.25, 0.3) is 0 Å². The zero-order valence-electron chi connectivity index (χ0n) is 17.1. The zero-order chi connectivity index (χ0) is 20.1. The van der Waals surface area contributed by atoms with Crippen molar-refractivity contribution < 1.29 is 4.79 Å². The number of aryl methyl sites for hydroxylation is 2. The number of hydrogen-bond acceptors (Lipinski definition) is 3. The minimum absolute atomic E-state index is 0.0589. The van der Waals surface area contributed by atoms with Crippen LogP contribution in [0.5, 0.6) is 0 Å². The largest absolute Gasteiger partial charge is 0.352 e. The highest BCUT2D eigenvalue weighted by Gasteiger charge is 2.17. The molecule has 0 saturated carbocycles. The molecule has 0 saturated heterocycles. The molecule has 28 heavy (non-hydrogen) atoms. The molecule has 6 nitrogen and oxygen atoms in total. The fourth-order valence-electron chi connectivity index (χ4n) is 3.45. The summed E-state index contributed by atoms with van der Waals surface area (Å²) < 4.78 is 3.92. The minimum Gasteiger partial charge on any atom is -0.352 e. The monoisotopic (exact) mass is 379 g/mol. The summed E-state index contributed by atoms with van der Waals surface area (Å²) in [6.45, 7) is 10.3. The Morgan fingerprint density at radius 1 is 1.18 bits per heavy atom. The van der Waals surface area contributed by atoms with E-state index in [9.17, 15) is 4.79 Å². The molecule has 1 aromatic carbocycles. The van der Waals surface area contributed by atoms with Gasteiger partial charge in [0.1, 0.15) is 0 Å². The summed E-state index contributed by atoms with van der Waals surface area (Å²) in [6, 6.07) is 12.2. The third kappa shape index (κ3) is 4.68. The van der Waals surface area contributed by atoms with Crippen LogP contribution in [0.4, 0.5) is 0 Å². The molecule has 1 unspecified atom stereocenters. The van der Waals surface area contributed by atoms with E-state index >= 15 is 0 Å². The number of rotatable bonds is 8. The second-order valence-electron chi connectivity index (χ2n) is 7.43. The SMILES string of the molecule is CCc1c(C(=O)NCC(C)Cn2nc(C)cc2C)cnn1Cc1ccccc1. The zero-order valence-corrected chi connectivity index (χ0v) is 17.1. The standard InChI is InChI=1S/C22H29N5O/c1-5-21-20(13-24-27(21)15-19-9-7-6-8-10-19)22(28)23-12-16(2)14-26-18(4)11-17(3)25-26/h6-11,13,16H,5,12,14-15H2,1-4H3,(H,23,28). The van der Waals surface area contributed by atoms with Gasteiger partial charge in [0.05, 0.1) is 29.7 Å². The van der Waals surface area contributed by atoms with E-state index in [1.54, 1.807) is 6.20 Å². The molecule has 0 aliphatic rings. The Labute approximate surface area is 166 Å². The number of amides is 1. The Kier molecular flexibility index (Phi) is 6.29. The van der Waals surface area contributed by atoms with Crippen molar-refractivity contribution >= 4 is 5.91 Å². The first-order valence-electron chi connectivity index (χ1n) is 9.85. The fraction of sp³-hybridized carbons (Fsp3) is 0.409. The lowest BCUT2D eigenvalue weighted by molar-refractivity contribution is 0.0945. The Balaban J connectivity index is 1.61. The number of carbonyl (C=O) groups excluding carboxylic acids is 1. The predicted molar refractivity (Wildman–Crippen MR) is 110 cm³/mol. The van der Waals surface area contributed by atoms with Crippen LogP contribution in [0, 0.1) is 19.8 Å². The van der Waals surface area contributed by atoms with Crippen molar-refractivity contribution in [3.63, 3.8) is 0 Å². The van der Waals surface area contributed by atoms with Crippen LogP contribution in [-0.2, 0) is 19.5 Å². The second kappa shape index (κ2) is 8.87. The molecule has 0 fully saturated rings. The van der Waals surface area contributed by atoms with Crippen LogP contribution in [0.2, 0.25) is 0 Å². The summed E-state index contributed by atoms with van der Waals surface area (Å²) >= 11 is 0. The molecule has 0 aliphatic heterocycles. The fourth-order valence-corrected chi connectivity index (χ4v) is 3.45. The number of aromatic nitrogens is 4. The van der Waals surface area contributed by atoms with Gasteiger partial charge in [-0.3, -0.25) is 14.2 Å². The van der Waals surface area contributed by atoms with Gasteiger partial charge in [-0.05, 0) is 37.8 Å². The topological polar surface area (TPSA) is 64.7 Å². The van der Waals surface area contributed by atoms with Gasteiger partial charge in [0, 0.05) is 18.8 Å². The van der Waals surface area contributed by atoms with Crippen LogP contribution < -0.4 is 5.32 Å². The first-order chi connectivity index (χ1) is 13.5. The maximum atomic E-state index is 12.7. The number of nitrogens with zero attached hydrogens (tertiary/aromatic N) is 4. The van der Waals surface area contributed by atoms with E-state index in [4.69, 9.17) is 0 Å². The molecule has 0 spiro atoms. The lowest BCUT2D eigenvalue weighted by atomic mass is 10.1. The van der Waals surface area contributed by atoms with E-state index in [2.05, 4.69) is 54.5 Å². The number of hydrogen-bond donors (Lipinski definition) is 1. The minimum atomic E-state index is -0.0589. The smallest absolute Gasteiger partial charge is 0.254 e. The lowest BCUT2D eigenvalue weighted by Gasteiger charge is -2.14. The first-order valence-corrected chi connectivity index (χ1v) is 9.85. The molecule has 1 amide bonds. The molecule has 2 heterocycles. The average Bonchev–Trinajstić information content (AvgIpc) is 3.22. The Morgan fingerprint density at radius 3 is 2.57 bits per heavy atom. The molecule has 6 heteroatoms. The van der Waals surface area contributed by atoms with Crippen LogP contribution >= 0.6 is 0 Å². The van der Waals surface area contributed by atoms with E-state index in [1.807, 2.05) is 34.5 Å². The molecular formula is C22H29N5O. The summed E-state index contributed by atoms with van der Waals surface area (Å²) in [4.78, 5) is 12.7. The second-order valence-corrected chi connectivity index (χ2v) is 7.43. The molecule has 1 N–H and O–H groups in total. The van der Waals surface area contributed by atoms with Gasteiger partial charge >= 0.3 is 0 Å².